The van der Waals surface area contributed by atoms with Gasteiger partial charge in [-0.3, -0.25) is 4.79 Å². The van der Waals surface area contributed by atoms with Crippen molar-refractivity contribution in [3.05, 3.63) is 22.1 Å². The Labute approximate surface area is 158 Å². The third kappa shape index (κ3) is 5.79. The maximum Gasteiger partial charge on any atom is 0.423 e. The van der Waals surface area contributed by atoms with Crippen LogP contribution in [0, 0.1) is 0 Å². The van der Waals surface area contributed by atoms with E-state index >= 15 is 0 Å². The molecule has 10 heteroatoms. The zero-order valence-corrected chi connectivity index (χ0v) is 17.2. The molecule has 2 heterocycles. The normalized spacial score (nSPS) is 18.3. The summed E-state index contributed by atoms with van der Waals surface area (Å²) in [4.78, 5) is 14.1. The lowest BCUT2D eigenvalue weighted by molar-refractivity contribution is -0.138. The topological polar surface area (TPSA) is 73.4 Å². The van der Waals surface area contributed by atoms with Crippen molar-refractivity contribution >= 4 is 13.8 Å². The zero-order valence-electron chi connectivity index (χ0n) is 16.2. The molecule has 1 aromatic rings. The van der Waals surface area contributed by atoms with E-state index in [4.69, 9.17) is 10.5 Å². The van der Waals surface area contributed by atoms with Crippen LogP contribution in [0.3, 0.4) is 0 Å². The number of anilines is 1. The van der Waals surface area contributed by atoms with Crippen LogP contribution in [-0.2, 0) is 17.6 Å². The summed E-state index contributed by atoms with van der Waals surface area (Å²) in [6, 6.07) is 0.765. The second-order valence-corrected chi connectivity index (χ2v) is 13.7. The fourth-order valence-electron chi connectivity index (χ4n) is 3.23. The van der Waals surface area contributed by atoms with Gasteiger partial charge in [-0.15, -0.1) is 0 Å². The molecule has 0 bridgehead atoms. The third-order valence-electron chi connectivity index (χ3n) is 4.70. The summed E-state index contributed by atoms with van der Waals surface area (Å²) in [7, 11) is -1.32. The van der Waals surface area contributed by atoms with E-state index in [1.165, 1.54) is 0 Å². The van der Waals surface area contributed by atoms with Crippen LogP contribution in [0.25, 0.3) is 0 Å². The standard InChI is InChI=1S/C17H29F3N4O2Si/c1-27(2,3)10-9-26-12-24-16(25)15(17(18,19)20)14(11-22-24)23-8-4-5-13(23)6-7-21/h11,13H,4-10,12,21H2,1-3H3/t13-/m0/s1. The summed E-state index contributed by atoms with van der Waals surface area (Å²) in [6.45, 7) is 7.49. The predicted molar refractivity (Wildman–Crippen MR) is 102 cm³/mol. The summed E-state index contributed by atoms with van der Waals surface area (Å²) < 4.78 is 47.2. The summed E-state index contributed by atoms with van der Waals surface area (Å²) in [6.07, 6.45) is -1.51. The number of ether oxygens (including phenoxy) is 1. The van der Waals surface area contributed by atoms with Crippen LogP contribution in [0.1, 0.15) is 24.8 Å². The van der Waals surface area contributed by atoms with Crippen molar-refractivity contribution in [3.8, 4) is 0 Å². The van der Waals surface area contributed by atoms with Gasteiger partial charge in [0.25, 0.3) is 5.56 Å². The van der Waals surface area contributed by atoms with Gasteiger partial charge >= 0.3 is 6.18 Å². The molecule has 27 heavy (non-hydrogen) atoms. The second kappa shape index (κ2) is 8.74. The van der Waals surface area contributed by atoms with Gasteiger partial charge in [-0.2, -0.15) is 18.3 Å². The van der Waals surface area contributed by atoms with Gasteiger partial charge in [-0.1, -0.05) is 19.6 Å². The quantitative estimate of drug-likeness (QED) is 0.531. The van der Waals surface area contributed by atoms with E-state index in [0.717, 1.165) is 29.8 Å². The monoisotopic (exact) mass is 406 g/mol. The summed E-state index contributed by atoms with van der Waals surface area (Å²) >= 11 is 0. The van der Waals surface area contributed by atoms with Crippen LogP contribution in [-0.4, -0.2) is 43.6 Å². The molecule has 1 atom stereocenters. The van der Waals surface area contributed by atoms with Crippen molar-refractivity contribution in [1.29, 1.82) is 0 Å². The highest BCUT2D eigenvalue weighted by molar-refractivity contribution is 6.76. The van der Waals surface area contributed by atoms with Gasteiger partial charge in [-0.25, -0.2) is 4.68 Å². The van der Waals surface area contributed by atoms with E-state index in [2.05, 4.69) is 24.7 Å². The maximum atomic E-state index is 13.7. The number of nitrogens with zero attached hydrogens (tertiary/aromatic N) is 3. The Morgan fingerprint density at radius 1 is 1.37 bits per heavy atom. The Morgan fingerprint density at radius 2 is 2.07 bits per heavy atom. The first-order valence-corrected chi connectivity index (χ1v) is 13.0. The Kier molecular flexibility index (Phi) is 7.09. The Hall–Kier alpha value is -1.39. The lowest BCUT2D eigenvalue weighted by Crippen LogP contribution is -2.38. The fourth-order valence-corrected chi connectivity index (χ4v) is 3.99. The highest BCUT2D eigenvalue weighted by Crippen LogP contribution is 2.36. The van der Waals surface area contributed by atoms with Crippen LogP contribution in [0.2, 0.25) is 25.7 Å². The summed E-state index contributed by atoms with van der Waals surface area (Å²) in [5.41, 5.74) is 3.10. The van der Waals surface area contributed by atoms with Crippen molar-refractivity contribution < 1.29 is 17.9 Å². The third-order valence-corrected chi connectivity index (χ3v) is 6.41. The van der Waals surface area contributed by atoms with E-state index in [1.54, 1.807) is 4.90 Å². The van der Waals surface area contributed by atoms with Crippen molar-refractivity contribution in [2.24, 2.45) is 5.73 Å². The molecule has 6 nitrogen and oxygen atoms in total. The number of hydrogen-bond acceptors (Lipinski definition) is 5. The molecule has 2 N–H and O–H groups in total. The lowest BCUT2D eigenvalue weighted by atomic mass is 10.1. The molecule has 1 aliphatic rings. The summed E-state index contributed by atoms with van der Waals surface area (Å²) in [5, 5.41) is 3.94. The molecule has 1 fully saturated rings. The van der Waals surface area contributed by atoms with Gasteiger partial charge in [0.2, 0.25) is 0 Å². The first kappa shape index (κ1) is 21.9. The van der Waals surface area contributed by atoms with Gasteiger partial charge in [0, 0.05) is 27.3 Å². The number of rotatable bonds is 8. The molecule has 0 aromatic carbocycles. The Balaban J connectivity index is 2.27. The van der Waals surface area contributed by atoms with E-state index < -0.39 is 25.4 Å². The first-order chi connectivity index (χ1) is 12.5. The van der Waals surface area contributed by atoms with Crippen LogP contribution in [0.5, 0.6) is 0 Å². The van der Waals surface area contributed by atoms with Crippen molar-refractivity contribution in [1.82, 2.24) is 9.78 Å². The van der Waals surface area contributed by atoms with Crippen LogP contribution in [0.15, 0.2) is 11.0 Å². The average molecular weight is 407 g/mol. The SMILES string of the molecule is C[Si](C)(C)CCOCn1ncc(N2CCC[C@H]2CCN)c(C(F)(F)F)c1=O. The number of aromatic nitrogens is 2. The minimum Gasteiger partial charge on any atom is -0.367 e. The van der Waals surface area contributed by atoms with Crippen molar-refractivity contribution in [2.45, 2.75) is 63.9 Å². The van der Waals surface area contributed by atoms with Crippen LogP contribution in [0.4, 0.5) is 18.9 Å². The molecular formula is C17H29F3N4O2Si. The fraction of sp³-hybridized carbons (Fsp3) is 0.765. The van der Waals surface area contributed by atoms with E-state index in [9.17, 15) is 18.0 Å². The largest absolute Gasteiger partial charge is 0.423 e. The summed E-state index contributed by atoms with van der Waals surface area (Å²) in [5.74, 6) is 0. The van der Waals surface area contributed by atoms with E-state index in [-0.39, 0.29) is 18.5 Å². The van der Waals surface area contributed by atoms with Gasteiger partial charge in [0.15, 0.2) is 0 Å². The Bertz CT molecular complexity index is 688. The molecular weight excluding hydrogens is 377 g/mol. The average Bonchev–Trinajstić information content (AvgIpc) is 2.99. The van der Waals surface area contributed by atoms with Gasteiger partial charge in [0.1, 0.15) is 12.3 Å². The predicted octanol–water partition coefficient (Wildman–Crippen LogP) is 2.89. The lowest BCUT2D eigenvalue weighted by Gasteiger charge is -2.28. The van der Waals surface area contributed by atoms with Gasteiger partial charge in [-0.05, 0) is 31.9 Å². The zero-order chi connectivity index (χ0) is 20.2. The molecule has 1 aliphatic heterocycles. The minimum absolute atomic E-state index is 0.0962. The molecule has 0 radical (unpaired) electrons. The number of halogens is 3. The smallest absolute Gasteiger partial charge is 0.367 e. The minimum atomic E-state index is -4.76. The number of alkyl halides is 3. The maximum absolute atomic E-state index is 13.7. The van der Waals surface area contributed by atoms with Crippen LogP contribution >= 0.6 is 0 Å². The first-order valence-electron chi connectivity index (χ1n) is 9.26. The molecule has 2 rings (SSSR count). The highest BCUT2D eigenvalue weighted by Gasteiger charge is 2.41. The van der Waals surface area contributed by atoms with Gasteiger partial charge in [0.05, 0.1) is 11.9 Å². The molecule has 154 valence electrons. The molecule has 0 spiro atoms. The highest BCUT2D eigenvalue weighted by atomic mass is 28.3. The number of hydrogen-bond donors (Lipinski definition) is 1. The van der Waals surface area contributed by atoms with E-state index in [1.807, 2.05) is 0 Å². The van der Waals surface area contributed by atoms with Gasteiger partial charge < -0.3 is 15.4 Å². The molecule has 0 amide bonds. The molecule has 0 saturated carbocycles. The Morgan fingerprint density at radius 3 is 2.67 bits per heavy atom. The van der Waals surface area contributed by atoms with Crippen molar-refractivity contribution in [2.75, 3.05) is 24.6 Å². The second-order valence-electron chi connectivity index (χ2n) is 8.12. The van der Waals surface area contributed by atoms with Crippen molar-refractivity contribution in [3.63, 3.8) is 0 Å². The molecule has 0 unspecified atom stereocenters. The molecule has 0 aliphatic carbocycles. The molecule has 1 aromatic heterocycles. The van der Waals surface area contributed by atoms with E-state index in [0.29, 0.717) is 26.1 Å². The number of nitrogens with two attached hydrogens (primary N) is 1. The van der Waals surface area contributed by atoms with Crippen LogP contribution < -0.4 is 16.2 Å². The molecule has 1 saturated heterocycles.